The van der Waals surface area contributed by atoms with Gasteiger partial charge in [-0.3, -0.25) is 9.69 Å². The maximum absolute atomic E-state index is 12.3. The Morgan fingerprint density at radius 1 is 1.09 bits per heavy atom. The number of benzene rings is 2. The highest BCUT2D eigenvalue weighted by Gasteiger charge is 2.21. The van der Waals surface area contributed by atoms with Gasteiger partial charge in [-0.25, -0.2) is 4.79 Å². The van der Waals surface area contributed by atoms with Crippen molar-refractivity contribution in [2.24, 2.45) is 0 Å². The molecule has 0 bridgehead atoms. The molecule has 4 rings (SSSR count). The number of rotatable bonds is 9. The maximum Gasteiger partial charge on any atom is 0.338 e. The van der Waals surface area contributed by atoms with Crippen LogP contribution in [-0.4, -0.2) is 52.7 Å². The zero-order valence-electron chi connectivity index (χ0n) is 19.1. The Morgan fingerprint density at radius 3 is 2.50 bits per heavy atom. The highest BCUT2D eigenvalue weighted by Crippen LogP contribution is 2.15. The lowest BCUT2D eigenvalue weighted by Crippen LogP contribution is -2.45. The van der Waals surface area contributed by atoms with Crippen molar-refractivity contribution in [1.29, 1.82) is 0 Å². The van der Waals surface area contributed by atoms with E-state index in [0.717, 1.165) is 32.5 Å². The van der Waals surface area contributed by atoms with E-state index in [4.69, 9.17) is 14.0 Å². The molecule has 0 atom stereocenters. The lowest BCUT2D eigenvalue weighted by atomic mass is 10.0. The Balaban J connectivity index is 1.14. The van der Waals surface area contributed by atoms with Crippen LogP contribution < -0.4 is 10.1 Å². The number of aromatic nitrogens is 2. The van der Waals surface area contributed by atoms with Crippen molar-refractivity contribution in [2.45, 2.75) is 39.0 Å². The molecule has 1 amide bonds. The van der Waals surface area contributed by atoms with Crippen LogP contribution in [0.1, 0.15) is 40.5 Å². The van der Waals surface area contributed by atoms with E-state index >= 15 is 0 Å². The van der Waals surface area contributed by atoms with Crippen molar-refractivity contribution in [2.75, 3.05) is 19.7 Å². The predicted molar refractivity (Wildman–Crippen MR) is 123 cm³/mol. The number of aryl methyl sites for hydroxylation is 1. The third-order valence-electron chi connectivity index (χ3n) is 5.56. The van der Waals surface area contributed by atoms with Gasteiger partial charge in [-0.05, 0) is 42.7 Å². The van der Waals surface area contributed by atoms with E-state index in [-0.39, 0.29) is 25.2 Å². The van der Waals surface area contributed by atoms with E-state index in [1.807, 2.05) is 18.2 Å². The SMILES string of the molecule is Cc1nc(COc2ccc(C(=O)OCC(=O)NC3CCN(Cc4ccccc4)CC3)cc2)no1. The molecule has 1 fully saturated rings. The molecule has 0 radical (unpaired) electrons. The molecular weight excluding hydrogens is 436 g/mol. The van der Waals surface area contributed by atoms with Gasteiger partial charge in [0.1, 0.15) is 5.75 Å². The number of nitrogens with zero attached hydrogens (tertiary/aromatic N) is 3. The van der Waals surface area contributed by atoms with Crippen molar-refractivity contribution in [1.82, 2.24) is 20.4 Å². The first kappa shape index (κ1) is 23.4. The maximum atomic E-state index is 12.3. The van der Waals surface area contributed by atoms with Gasteiger partial charge in [-0.2, -0.15) is 4.98 Å². The average Bonchev–Trinajstić information content (AvgIpc) is 3.28. The number of nitrogens with one attached hydrogen (secondary N) is 1. The van der Waals surface area contributed by atoms with Crippen LogP contribution in [0.15, 0.2) is 59.1 Å². The summed E-state index contributed by atoms with van der Waals surface area (Å²) in [4.78, 5) is 31.0. The van der Waals surface area contributed by atoms with Crippen LogP contribution in [0.3, 0.4) is 0 Å². The quantitative estimate of drug-likeness (QED) is 0.482. The number of ether oxygens (including phenoxy) is 2. The summed E-state index contributed by atoms with van der Waals surface area (Å²) in [6, 6.07) is 16.9. The van der Waals surface area contributed by atoms with E-state index < -0.39 is 5.97 Å². The summed E-state index contributed by atoms with van der Waals surface area (Å²) in [6.45, 7) is 4.30. The molecule has 1 aromatic heterocycles. The first-order valence-corrected chi connectivity index (χ1v) is 11.3. The first-order valence-electron chi connectivity index (χ1n) is 11.3. The number of amides is 1. The normalized spacial score (nSPS) is 14.5. The molecule has 3 aromatic rings. The molecule has 9 nitrogen and oxygen atoms in total. The average molecular weight is 465 g/mol. The molecular formula is C25H28N4O5. The molecule has 2 heterocycles. The minimum absolute atomic E-state index is 0.0950. The number of likely N-dealkylation sites (tertiary alicyclic amines) is 1. The second-order valence-electron chi connectivity index (χ2n) is 8.22. The summed E-state index contributed by atoms with van der Waals surface area (Å²) in [5, 5.41) is 6.73. The van der Waals surface area contributed by atoms with Gasteiger partial charge in [-0.15, -0.1) is 0 Å². The molecule has 2 aromatic carbocycles. The van der Waals surface area contributed by atoms with Crippen LogP contribution in [0, 0.1) is 6.92 Å². The van der Waals surface area contributed by atoms with Gasteiger partial charge in [0.2, 0.25) is 11.7 Å². The number of carbonyl (C=O) groups is 2. The van der Waals surface area contributed by atoms with Gasteiger partial charge >= 0.3 is 5.97 Å². The number of piperidine rings is 1. The Kier molecular flexibility index (Phi) is 7.87. The predicted octanol–water partition coefficient (Wildman–Crippen LogP) is 2.89. The molecule has 0 unspecified atom stereocenters. The first-order chi connectivity index (χ1) is 16.5. The van der Waals surface area contributed by atoms with E-state index in [1.54, 1.807) is 31.2 Å². The van der Waals surface area contributed by atoms with Gasteiger partial charge in [0.15, 0.2) is 13.2 Å². The van der Waals surface area contributed by atoms with Crippen molar-refractivity contribution in [3.8, 4) is 5.75 Å². The standard InChI is InChI=1S/C25H28N4O5/c1-18-26-23(28-34-18)16-32-22-9-7-20(8-10-22)25(31)33-17-24(30)27-21-11-13-29(14-12-21)15-19-5-3-2-4-6-19/h2-10,21H,11-17H2,1H3,(H,27,30). The fourth-order valence-electron chi connectivity index (χ4n) is 3.80. The highest BCUT2D eigenvalue weighted by atomic mass is 16.5. The highest BCUT2D eigenvalue weighted by molar-refractivity contribution is 5.91. The fourth-order valence-corrected chi connectivity index (χ4v) is 3.80. The third kappa shape index (κ3) is 6.89. The molecule has 1 N–H and O–H groups in total. The van der Waals surface area contributed by atoms with Crippen LogP contribution >= 0.6 is 0 Å². The zero-order chi connectivity index (χ0) is 23.8. The monoisotopic (exact) mass is 464 g/mol. The summed E-state index contributed by atoms with van der Waals surface area (Å²) in [6.07, 6.45) is 1.74. The van der Waals surface area contributed by atoms with Crippen molar-refractivity contribution in [3.05, 3.63) is 77.4 Å². The smallest absolute Gasteiger partial charge is 0.338 e. The summed E-state index contributed by atoms with van der Waals surface area (Å²) in [5.41, 5.74) is 1.63. The minimum atomic E-state index is -0.562. The van der Waals surface area contributed by atoms with Crippen molar-refractivity contribution in [3.63, 3.8) is 0 Å². The lowest BCUT2D eigenvalue weighted by molar-refractivity contribution is -0.125. The van der Waals surface area contributed by atoms with Gasteiger partial charge in [0.05, 0.1) is 5.56 Å². The second-order valence-corrected chi connectivity index (χ2v) is 8.22. The second kappa shape index (κ2) is 11.4. The summed E-state index contributed by atoms with van der Waals surface area (Å²) in [5.74, 6) is 0.608. The van der Waals surface area contributed by atoms with E-state index in [9.17, 15) is 9.59 Å². The lowest BCUT2D eigenvalue weighted by Gasteiger charge is -2.32. The Morgan fingerprint density at radius 2 is 1.82 bits per heavy atom. The fraction of sp³-hybridized carbons (Fsp3) is 0.360. The largest absolute Gasteiger partial charge is 0.485 e. The molecule has 1 aliphatic rings. The summed E-state index contributed by atoms with van der Waals surface area (Å²) < 4.78 is 15.6. The molecule has 0 saturated carbocycles. The number of esters is 1. The van der Waals surface area contributed by atoms with Crippen LogP contribution in [-0.2, 0) is 22.7 Å². The molecule has 0 spiro atoms. The van der Waals surface area contributed by atoms with Gasteiger partial charge in [-0.1, -0.05) is 35.5 Å². The Hall–Kier alpha value is -3.72. The van der Waals surface area contributed by atoms with E-state index in [2.05, 4.69) is 32.5 Å². The number of hydrogen-bond donors (Lipinski definition) is 1. The minimum Gasteiger partial charge on any atom is -0.485 e. The Labute approximate surface area is 198 Å². The zero-order valence-corrected chi connectivity index (χ0v) is 19.1. The third-order valence-corrected chi connectivity index (χ3v) is 5.56. The molecule has 178 valence electrons. The van der Waals surface area contributed by atoms with Gasteiger partial charge in [0.25, 0.3) is 5.91 Å². The number of hydrogen-bond acceptors (Lipinski definition) is 8. The van der Waals surface area contributed by atoms with E-state index in [0.29, 0.717) is 23.0 Å². The van der Waals surface area contributed by atoms with Crippen LogP contribution in [0.2, 0.25) is 0 Å². The Bertz CT molecular complexity index is 1080. The van der Waals surface area contributed by atoms with Crippen LogP contribution in [0.25, 0.3) is 0 Å². The van der Waals surface area contributed by atoms with Gasteiger partial charge < -0.3 is 19.3 Å². The van der Waals surface area contributed by atoms with E-state index in [1.165, 1.54) is 5.56 Å². The van der Waals surface area contributed by atoms with Gasteiger partial charge in [0, 0.05) is 32.6 Å². The van der Waals surface area contributed by atoms with Crippen molar-refractivity contribution >= 4 is 11.9 Å². The molecule has 1 saturated heterocycles. The molecule has 34 heavy (non-hydrogen) atoms. The molecule has 0 aliphatic carbocycles. The van der Waals surface area contributed by atoms with Crippen molar-refractivity contribution < 1.29 is 23.6 Å². The summed E-state index contributed by atoms with van der Waals surface area (Å²) in [7, 11) is 0. The number of carbonyl (C=O) groups excluding carboxylic acids is 2. The topological polar surface area (TPSA) is 107 Å². The molecule has 9 heteroatoms. The summed E-state index contributed by atoms with van der Waals surface area (Å²) >= 11 is 0. The molecule has 1 aliphatic heterocycles. The van der Waals surface area contributed by atoms with Crippen LogP contribution in [0.5, 0.6) is 5.75 Å². The van der Waals surface area contributed by atoms with Crippen LogP contribution in [0.4, 0.5) is 0 Å².